The number of hydrogen-bond acceptors (Lipinski definition) is 5. The lowest BCUT2D eigenvalue weighted by atomic mass is 10.4. The lowest BCUT2D eigenvalue weighted by Crippen LogP contribution is -2.26. The van der Waals surface area contributed by atoms with Crippen LogP contribution < -0.4 is 4.72 Å². The SMILES string of the molecule is Cn1cc(S(=O)(=O)NCCc2ncn[nH]2)cn1. The molecule has 0 atom stereocenters. The summed E-state index contributed by atoms with van der Waals surface area (Å²) < 4.78 is 27.4. The van der Waals surface area contributed by atoms with Crippen LogP contribution in [0, 0.1) is 0 Å². The van der Waals surface area contributed by atoms with Crippen molar-refractivity contribution in [3.05, 3.63) is 24.5 Å². The second-order valence-corrected chi connectivity index (χ2v) is 5.20. The van der Waals surface area contributed by atoms with E-state index in [1.165, 1.54) is 23.4 Å². The number of aromatic nitrogens is 5. The number of H-pyrrole nitrogens is 1. The number of rotatable bonds is 5. The molecule has 17 heavy (non-hydrogen) atoms. The first-order valence-corrected chi connectivity index (χ1v) is 6.39. The molecule has 0 saturated carbocycles. The summed E-state index contributed by atoms with van der Waals surface area (Å²) in [6.07, 6.45) is 4.58. The van der Waals surface area contributed by atoms with E-state index >= 15 is 0 Å². The summed E-state index contributed by atoms with van der Waals surface area (Å²) in [5, 5.41) is 10.1. The molecule has 8 nitrogen and oxygen atoms in total. The minimum absolute atomic E-state index is 0.151. The molecule has 0 fully saturated rings. The van der Waals surface area contributed by atoms with Gasteiger partial charge in [0.1, 0.15) is 17.0 Å². The maximum atomic E-state index is 11.8. The average Bonchev–Trinajstić information content (AvgIpc) is 2.89. The van der Waals surface area contributed by atoms with Crippen molar-refractivity contribution in [2.75, 3.05) is 6.54 Å². The number of nitrogens with zero attached hydrogens (tertiary/aromatic N) is 4. The Morgan fingerprint density at radius 2 is 2.35 bits per heavy atom. The molecule has 2 rings (SSSR count). The highest BCUT2D eigenvalue weighted by atomic mass is 32.2. The highest BCUT2D eigenvalue weighted by molar-refractivity contribution is 7.89. The Kier molecular flexibility index (Phi) is 3.20. The van der Waals surface area contributed by atoms with Crippen LogP contribution in [0.5, 0.6) is 0 Å². The zero-order valence-corrected chi connectivity index (χ0v) is 9.98. The van der Waals surface area contributed by atoms with Gasteiger partial charge in [-0.2, -0.15) is 10.2 Å². The molecule has 2 N–H and O–H groups in total. The monoisotopic (exact) mass is 256 g/mol. The molecule has 0 aliphatic heterocycles. The van der Waals surface area contributed by atoms with Crippen LogP contribution in [0.3, 0.4) is 0 Å². The van der Waals surface area contributed by atoms with Crippen molar-refractivity contribution < 1.29 is 8.42 Å². The summed E-state index contributed by atoms with van der Waals surface area (Å²) in [6, 6.07) is 0. The molecule has 0 unspecified atom stereocenters. The lowest BCUT2D eigenvalue weighted by Gasteiger charge is -2.02. The summed E-state index contributed by atoms with van der Waals surface area (Å²) in [7, 11) is -1.83. The molecule has 2 aromatic rings. The normalized spacial score (nSPS) is 11.8. The summed E-state index contributed by atoms with van der Waals surface area (Å²) in [6.45, 7) is 0.256. The fourth-order valence-corrected chi connectivity index (χ4v) is 2.29. The molecule has 2 heterocycles. The van der Waals surface area contributed by atoms with Crippen molar-refractivity contribution in [1.29, 1.82) is 0 Å². The van der Waals surface area contributed by atoms with E-state index in [1.54, 1.807) is 7.05 Å². The second-order valence-electron chi connectivity index (χ2n) is 3.43. The molecule has 0 bridgehead atoms. The van der Waals surface area contributed by atoms with Gasteiger partial charge in [0, 0.05) is 26.2 Å². The van der Waals surface area contributed by atoms with Gasteiger partial charge < -0.3 is 0 Å². The first kappa shape index (κ1) is 11.7. The average molecular weight is 256 g/mol. The van der Waals surface area contributed by atoms with Gasteiger partial charge in [0.15, 0.2) is 0 Å². The third-order valence-corrected chi connectivity index (χ3v) is 3.53. The number of aromatic amines is 1. The van der Waals surface area contributed by atoms with Gasteiger partial charge in [-0.1, -0.05) is 0 Å². The molecule has 0 aliphatic carbocycles. The van der Waals surface area contributed by atoms with Crippen molar-refractivity contribution in [2.24, 2.45) is 7.05 Å². The zero-order chi connectivity index (χ0) is 12.3. The van der Waals surface area contributed by atoms with Gasteiger partial charge in [0.2, 0.25) is 10.0 Å². The quantitative estimate of drug-likeness (QED) is 0.718. The Labute approximate surface area is 98.1 Å². The predicted octanol–water partition coefficient (Wildman–Crippen LogP) is -0.941. The second kappa shape index (κ2) is 4.63. The van der Waals surface area contributed by atoms with Crippen molar-refractivity contribution in [1.82, 2.24) is 29.7 Å². The van der Waals surface area contributed by atoms with E-state index in [0.29, 0.717) is 12.2 Å². The van der Waals surface area contributed by atoms with Gasteiger partial charge in [-0.3, -0.25) is 9.78 Å². The highest BCUT2D eigenvalue weighted by Gasteiger charge is 2.15. The summed E-state index contributed by atoms with van der Waals surface area (Å²) in [5.74, 6) is 0.638. The Morgan fingerprint density at radius 3 is 2.94 bits per heavy atom. The molecular weight excluding hydrogens is 244 g/mol. The van der Waals surface area contributed by atoms with Crippen LogP contribution in [-0.2, 0) is 23.5 Å². The molecule has 0 saturated heterocycles. The summed E-state index contributed by atoms with van der Waals surface area (Å²) in [4.78, 5) is 4.05. The van der Waals surface area contributed by atoms with Crippen LogP contribution in [0.25, 0.3) is 0 Å². The van der Waals surface area contributed by atoms with E-state index in [2.05, 4.69) is 25.0 Å². The van der Waals surface area contributed by atoms with Crippen LogP contribution in [0.15, 0.2) is 23.6 Å². The van der Waals surface area contributed by atoms with Gasteiger partial charge >= 0.3 is 0 Å². The first-order chi connectivity index (χ1) is 8.08. The molecule has 92 valence electrons. The standard InChI is InChI=1S/C8H12N6O2S/c1-14-5-7(4-11-14)17(15,16)12-3-2-8-9-6-10-13-8/h4-6,12H,2-3H2,1H3,(H,9,10,13). The Bertz CT molecular complexity index is 573. The number of aryl methyl sites for hydroxylation is 1. The third-order valence-electron chi connectivity index (χ3n) is 2.11. The predicted molar refractivity (Wildman–Crippen MR) is 58.5 cm³/mol. The van der Waals surface area contributed by atoms with E-state index in [9.17, 15) is 8.42 Å². The number of nitrogens with one attached hydrogen (secondary N) is 2. The van der Waals surface area contributed by atoms with Gasteiger partial charge in [-0.05, 0) is 0 Å². The van der Waals surface area contributed by atoms with Crippen LogP contribution in [0.2, 0.25) is 0 Å². The molecule has 0 radical (unpaired) electrons. The van der Waals surface area contributed by atoms with Crippen LogP contribution in [0.1, 0.15) is 5.82 Å². The molecule has 9 heteroatoms. The summed E-state index contributed by atoms with van der Waals surface area (Å²) in [5.41, 5.74) is 0. The van der Waals surface area contributed by atoms with Crippen molar-refractivity contribution >= 4 is 10.0 Å². The molecule has 0 amide bonds. The highest BCUT2D eigenvalue weighted by Crippen LogP contribution is 2.05. The van der Waals surface area contributed by atoms with Crippen LogP contribution >= 0.6 is 0 Å². The van der Waals surface area contributed by atoms with Gasteiger partial charge in [-0.15, -0.1) is 0 Å². The molecule has 0 aromatic carbocycles. The minimum Gasteiger partial charge on any atom is -0.274 e. The van der Waals surface area contributed by atoms with Crippen LogP contribution in [0.4, 0.5) is 0 Å². The number of sulfonamides is 1. The van der Waals surface area contributed by atoms with E-state index in [-0.39, 0.29) is 11.4 Å². The Morgan fingerprint density at radius 1 is 1.53 bits per heavy atom. The number of hydrogen-bond donors (Lipinski definition) is 2. The fraction of sp³-hybridized carbons (Fsp3) is 0.375. The largest absolute Gasteiger partial charge is 0.274 e. The topological polar surface area (TPSA) is 106 Å². The van der Waals surface area contributed by atoms with Gasteiger partial charge in [-0.25, -0.2) is 18.1 Å². The maximum absolute atomic E-state index is 11.8. The lowest BCUT2D eigenvalue weighted by molar-refractivity contribution is 0.580. The zero-order valence-electron chi connectivity index (χ0n) is 9.16. The smallest absolute Gasteiger partial charge is 0.243 e. The van der Waals surface area contributed by atoms with Crippen molar-refractivity contribution in [2.45, 2.75) is 11.3 Å². The van der Waals surface area contributed by atoms with Crippen molar-refractivity contribution in [3.8, 4) is 0 Å². The van der Waals surface area contributed by atoms with E-state index in [0.717, 1.165) is 0 Å². The van der Waals surface area contributed by atoms with E-state index < -0.39 is 10.0 Å². The molecular formula is C8H12N6O2S. The molecule has 2 aromatic heterocycles. The molecule has 0 aliphatic rings. The maximum Gasteiger partial charge on any atom is 0.243 e. The van der Waals surface area contributed by atoms with E-state index in [1.807, 2.05) is 0 Å². The minimum atomic E-state index is -3.49. The van der Waals surface area contributed by atoms with Gasteiger partial charge in [0.25, 0.3) is 0 Å². The first-order valence-electron chi connectivity index (χ1n) is 4.90. The molecule has 0 spiro atoms. The fourth-order valence-electron chi connectivity index (χ4n) is 1.28. The van der Waals surface area contributed by atoms with Crippen molar-refractivity contribution in [3.63, 3.8) is 0 Å². The third kappa shape index (κ3) is 2.88. The Hall–Kier alpha value is -1.74. The van der Waals surface area contributed by atoms with Gasteiger partial charge in [0.05, 0.1) is 6.20 Å². The Balaban J connectivity index is 1.94. The van der Waals surface area contributed by atoms with E-state index in [4.69, 9.17) is 0 Å². The van der Waals surface area contributed by atoms with Crippen LogP contribution in [-0.4, -0.2) is 39.9 Å². The summed E-state index contributed by atoms with van der Waals surface area (Å²) >= 11 is 0.